The minimum atomic E-state index is -0.949. The van der Waals surface area contributed by atoms with Gasteiger partial charge in [0.15, 0.2) is 5.78 Å². The first-order valence-corrected chi connectivity index (χ1v) is 8.31. The molecule has 0 aromatic carbocycles. The zero-order chi connectivity index (χ0) is 16.3. The van der Waals surface area contributed by atoms with E-state index in [4.69, 9.17) is 0 Å². The Balaban J connectivity index is 2.77. The van der Waals surface area contributed by atoms with Crippen molar-refractivity contribution in [2.75, 3.05) is 0 Å². The highest BCUT2D eigenvalue weighted by atomic mass is 16.4. The molecule has 0 spiro atoms. The molecule has 1 N–H and O–H groups in total. The molecule has 0 unspecified atom stereocenters. The van der Waals surface area contributed by atoms with Crippen LogP contribution < -0.4 is 0 Å². The highest BCUT2D eigenvalue weighted by Gasteiger charge is 2.30. The van der Waals surface area contributed by atoms with Gasteiger partial charge in [0.25, 0.3) is 0 Å². The summed E-state index contributed by atoms with van der Waals surface area (Å²) in [6.45, 7) is 5.42. The first-order chi connectivity index (χ1) is 10.5. The minimum absolute atomic E-state index is 0.0601. The third-order valence-corrected chi connectivity index (χ3v) is 4.63. The van der Waals surface area contributed by atoms with Gasteiger partial charge in [0.05, 0.1) is 17.0 Å². The van der Waals surface area contributed by atoms with Crippen LogP contribution in [0.1, 0.15) is 96.5 Å². The molecular formula is C18H25NO3. The maximum absolute atomic E-state index is 12.2. The summed E-state index contributed by atoms with van der Waals surface area (Å²) < 4.78 is 0. The average molecular weight is 303 g/mol. The maximum atomic E-state index is 12.2. The van der Waals surface area contributed by atoms with E-state index in [1.165, 1.54) is 13.3 Å². The van der Waals surface area contributed by atoms with Crippen molar-refractivity contribution >= 4 is 11.8 Å². The van der Waals surface area contributed by atoms with E-state index in [1.807, 2.05) is 13.8 Å². The lowest BCUT2D eigenvalue weighted by molar-refractivity contribution is 0.0693. The van der Waals surface area contributed by atoms with Gasteiger partial charge in [-0.15, -0.1) is 0 Å². The number of nitrogens with zero attached hydrogens (tertiary/aromatic N) is 1. The van der Waals surface area contributed by atoms with E-state index in [0.29, 0.717) is 24.1 Å². The van der Waals surface area contributed by atoms with Crippen LogP contribution in [0.25, 0.3) is 0 Å². The van der Waals surface area contributed by atoms with E-state index in [-0.39, 0.29) is 17.3 Å². The van der Waals surface area contributed by atoms with E-state index >= 15 is 0 Å². The summed E-state index contributed by atoms with van der Waals surface area (Å²) in [5.74, 6) is -0.831. The Hall–Kier alpha value is -1.71. The van der Waals surface area contributed by atoms with Crippen molar-refractivity contribution in [2.24, 2.45) is 0 Å². The number of carbonyl (C=O) groups is 2. The highest BCUT2D eigenvalue weighted by Crippen LogP contribution is 2.38. The minimum Gasteiger partial charge on any atom is -0.478 e. The lowest BCUT2D eigenvalue weighted by Crippen LogP contribution is -2.21. The second kappa shape index (κ2) is 7.03. The van der Waals surface area contributed by atoms with Crippen LogP contribution in [-0.4, -0.2) is 21.8 Å². The largest absolute Gasteiger partial charge is 0.478 e. The van der Waals surface area contributed by atoms with Gasteiger partial charge >= 0.3 is 5.97 Å². The first-order valence-electron chi connectivity index (χ1n) is 8.31. The Labute approximate surface area is 132 Å². The average Bonchev–Trinajstić information content (AvgIpc) is 2.53. The van der Waals surface area contributed by atoms with E-state index in [1.54, 1.807) is 0 Å². The number of aromatic nitrogens is 1. The summed E-state index contributed by atoms with van der Waals surface area (Å²) >= 11 is 0. The van der Waals surface area contributed by atoms with E-state index in [2.05, 4.69) is 4.98 Å². The molecule has 0 saturated heterocycles. The van der Waals surface area contributed by atoms with Crippen LogP contribution in [0, 0.1) is 0 Å². The quantitative estimate of drug-likeness (QED) is 0.830. The van der Waals surface area contributed by atoms with Crippen molar-refractivity contribution in [2.45, 2.75) is 71.6 Å². The maximum Gasteiger partial charge on any atom is 0.337 e. The number of carboxylic acid groups (broad SMARTS) is 1. The number of pyridine rings is 1. The zero-order valence-corrected chi connectivity index (χ0v) is 13.7. The topological polar surface area (TPSA) is 67.3 Å². The molecule has 1 aliphatic rings. The third kappa shape index (κ3) is 3.06. The molecule has 1 aromatic rings. The molecule has 2 rings (SSSR count). The van der Waals surface area contributed by atoms with Gasteiger partial charge in [-0.2, -0.15) is 0 Å². The molecule has 1 heterocycles. The van der Waals surface area contributed by atoms with Crippen LogP contribution in [-0.2, 0) is 12.8 Å². The fourth-order valence-electron chi connectivity index (χ4n) is 3.65. The number of aromatic carboxylic acids is 1. The van der Waals surface area contributed by atoms with Gasteiger partial charge in [0.1, 0.15) is 0 Å². The number of carbonyl (C=O) groups excluding carboxylic acids is 1. The summed E-state index contributed by atoms with van der Waals surface area (Å²) in [4.78, 5) is 28.6. The molecule has 120 valence electrons. The molecule has 1 aromatic heterocycles. The molecule has 1 saturated carbocycles. The molecule has 1 aliphatic carbocycles. The van der Waals surface area contributed by atoms with Crippen LogP contribution >= 0.6 is 0 Å². The smallest absolute Gasteiger partial charge is 0.337 e. The van der Waals surface area contributed by atoms with Crippen LogP contribution in [0.3, 0.4) is 0 Å². The van der Waals surface area contributed by atoms with Crippen molar-refractivity contribution in [1.29, 1.82) is 0 Å². The lowest BCUT2D eigenvalue weighted by Gasteiger charge is -2.27. The van der Waals surface area contributed by atoms with E-state index in [9.17, 15) is 14.7 Å². The Morgan fingerprint density at radius 1 is 1.05 bits per heavy atom. The van der Waals surface area contributed by atoms with Crippen LogP contribution in [0.15, 0.2) is 0 Å². The van der Waals surface area contributed by atoms with Gasteiger partial charge < -0.3 is 5.11 Å². The Bertz CT molecular complexity index is 546. The summed E-state index contributed by atoms with van der Waals surface area (Å²) in [5, 5.41) is 9.73. The molecule has 0 bridgehead atoms. The zero-order valence-electron chi connectivity index (χ0n) is 13.7. The fraction of sp³-hybridized carbons (Fsp3) is 0.611. The van der Waals surface area contributed by atoms with Crippen LogP contribution in [0.2, 0.25) is 0 Å². The van der Waals surface area contributed by atoms with Crippen LogP contribution in [0.5, 0.6) is 0 Å². The molecule has 22 heavy (non-hydrogen) atoms. The highest BCUT2D eigenvalue weighted by molar-refractivity contribution is 6.01. The molecular weight excluding hydrogens is 278 g/mol. The van der Waals surface area contributed by atoms with Gasteiger partial charge in [-0.3, -0.25) is 9.78 Å². The predicted octanol–water partition coefficient (Wildman–Crippen LogP) is 4.15. The number of aryl methyl sites for hydroxylation is 2. The van der Waals surface area contributed by atoms with E-state index in [0.717, 1.165) is 36.9 Å². The predicted molar refractivity (Wildman–Crippen MR) is 85.8 cm³/mol. The molecule has 0 amide bonds. The second-order valence-corrected chi connectivity index (χ2v) is 6.07. The lowest BCUT2D eigenvalue weighted by atomic mass is 9.78. The monoisotopic (exact) mass is 303 g/mol. The van der Waals surface area contributed by atoms with Gasteiger partial charge in [-0.05, 0) is 44.1 Å². The number of hydrogen-bond donors (Lipinski definition) is 1. The molecule has 4 heteroatoms. The molecule has 0 radical (unpaired) electrons. The normalized spacial score (nSPS) is 15.8. The van der Waals surface area contributed by atoms with Gasteiger partial charge in [0, 0.05) is 5.56 Å². The molecule has 0 aliphatic heterocycles. The Morgan fingerprint density at radius 2 is 1.59 bits per heavy atom. The number of Topliss-reactive ketones (excluding diaryl/α,β-unsaturated/α-hetero) is 1. The van der Waals surface area contributed by atoms with Crippen molar-refractivity contribution < 1.29 is 14.7 Å². The first kappa shape index (κ1) is 16.7. The summed E-state index contributed by atoms with van der Waals surface area (Å²) in [5.41, 5.74) is 3.01. The molecule has 1 fully saturated rings. The summed E-state index contributed by atoms with van der Waals surface area (Å²) in [6.07, 6.45) is 6.57. The van der Waals surface area contributed by atoms with Crippen molar-refractivity contribution in [3.8, 4) is 0 Å². The second-order valence-electron chi connectivity index (χ2n) is 6.07. The fourth-order valence-corrected chi connectivity index (χ4v) is 3.65. The number of rotatable bonds is 5. The van der Waals surface area contributed by atoms with Crippen LogP contribution in [0.4, 0.5) is 0 Å². The molecule has 4 nitrogen and oxygen atoms in total. The van der Waals surface area contributed by atoms with Crippen molar-refractivity contribution in [3.63, 3.8) is 0 Å². The van der Waals surface area contributed by atoms with Crippen molar-refractivity contribution in [3.05, 3.63) is 28.1 Å². The number of ketones is 1. The third-order valence-electron chi connectivity index (χ3n) is 4.63. The Morgan fingerprint density at radius 3 is 2.05 bits per heavy atom. The van der Waals surface area contributed by atoms with Gasteiger partial charge in [-0.25, -0.2) is 4.79 Å². The number of hydrogen-bond acceptors (Lipinski definition) is 3. The standard InChI is InChI=1S/C18H25NO3/c1-4-13-15(11(3)20)16(12-9-7-6-8-10-12)17(18(21)22)14(5-2)19-13/h12H,4-10H2,1-3H3,(H,21,22). The van der Waals surface area contributed by atoms with E-state index < -0.39 is 5.97 Å². The SMILES string of the molecule is CCc1nc(CC)c(C(=O)O)c(C2CCCCC2)c1C(C)=O. The van der Waals surface area contributed by atoms with Gasteiger partial charge in [0.2, 0.25) is 0 Å². The summed E-state index contributed by atoms with van der Waals surface area (Å²) in [7, 11) is 0. The van der Waals surface area contributed by atoms with Crippen molar-refractivity contribution in [1.82, 2.24) is 4.98 Å². The van der Waals surface area contributed by atoms with Gasteiger partial charge in [-0.1, -0.05) is 33.1 Å². The number of carboxylic acids is 1. The Kier molecular flexibility index (Phi) is 5.33. The summed E-state index contributed by atoms with van der Waals surface area (Å²) in [6, 6.07) is 0. The molecule has 0 atom stereocenters.